The topological polar surface area (TPSA) is 32.3 Å². The number of ether oxygens (including phenoxy) is 1. The summed E-state index contributed by atoms with van der Waals surface area (Å²) in [6.07, 6.45) is -20.6. The van der Waals surface area contributed by atoms with Crippen LogP contribution in [0.1, 0.15) is 13.3 Å². The van der Waals surface area contributed by atoms with Gasteiger partial charge in [0.1, 0.15) is 0 Å². The Balaban J connectivity index is 0. The first-order valence-electron chi connectivity index (χ1n) is 5.21. The third-order valence-corrected chi connectivity index (χ3v) is 2.22. The fourth-order valence-corrected chi connectivity index (χ4v) is 1.09. The molecule has 0 aromatic heterocycles. The second-order valence-electron chi connectivity index (χ2n) is 4.09. The zero-order valence-electron chi connectivity index (χ0n) is 11.2. The Morgan fingerprint density at radius 3 is 1.36 bits per heavy atom. The molecule has 0 N–H and O–H groups in total. The molecule has 22 heavy (non-hydrogen) atoms. The first-order chi connectivity index (χ1) is 9.05. The van der Waals surface area contributed by atoms with Gasteiger partial charge in [-0.25, -0.2) is 0 Å². The second-order valence-corrected chi connectivity index (χ2v) is 4.09. The Morgan fingerprint density at radius 1 is 0.818 bits per heavy atom. The van der Waals surface area contributed by atoms with Crippen molar-refractivity contribution in [3.05, 3.63) is 0 Å². The molecule has 0 aliphatic heterocycles. The summed E-state index contributed by atoms with van der Waals surface area (Å²) in [5, 5.41) is 10.5. The standard InChI is InChI=1S/C9H9F10O2.Li/c1-4(20)2-3-21-5(6(10,11)8(14,15)16)7(12,13)9(17,18)19;/h4-5H,2-3H2,1H3;/q-1;+1. The van der Waals surface area contributed by atoms with Crippen molar-refractivity contribution in [3.63, 3.8) is 0 Å². The van der Waals surface area contributed by atoms with E-state index >= 15 is 0 Å². The maximum absolute atomic E-state index is 12.8. The molecule has 0 fully saturated rings. The van der Waals surface area contributed by atoms with E-state index in [0.717, 1.165) is 6.92 Å². The second kappa shape index (κ2) is 7.59. The summed E-state index contributed by atoms with van der Waals surface area (Å²) in [5.41, 5.74) is 0. The van der Waals surface area contributed by atoms with Gasteiger partial charge in [-0.1, -0.05) is 6.92 Å². The van der Waals surface area contributed by atoms with Crippen molar-refractivity contribution < 1.29 is 72.6 Å². The molecule has 0 aromatic carbocycles. The molecule has 0 saturated heterocycles. The van der Waals surface area contributed by atoms with Gasteiger partial charge in [0, 0.05) is 6.61 Å². The summed E-state index contributed by atoms with van der Waals surface area (Å²) < 4.78 is 127. The molecular weight excluding hydrogens is 337 g/mol. The van der Waals surface area contributed by atoms with E-state index in [9.17, 15) is 49.0 Å². The van der Waals surface area contributed by atoms with Crippen LogP contribution in [0.2, 0.25) is 0 Å². The van der Waals surface area contributed by atoms with Crippen LogP contribution in [0, 0.1) is 0 Å². The molecule has 0 spiro atoms. The fraction of sp³-hybridized carbons (Fsp3) is 1.00. The molecule has 1 unspecified atom stereocenters. The molecule has 0 aliphatic carbocycles. The predicted octanol–water partition coefficient (Wildman–Crippen LogP) is -0.0903. The minimum atomic E-state index is -6.69. The Bertz CT molecular complexity index is 312. The van der Waals surface area contributed by atoms with E-state index in [-0.39, 0.29) is 18.9 Å². The van der Waals surface area contributed by atoms with Crippen LogP contribution in [0.4, 0.5) is 43.9 Å². The molecule has 0 amide bonds. The molecule has 13 heteroatoms. The van der Waals surface area contributed by atoms with E-state index in [2.05, 4.69) is 4.74 Å². The maximum atomic E-state index is 12.8. The average Bonchev–Trinajstić information content (AvgIpc) is 2.19. The maximum Gasteiger partial charge on any atom is 1.00 e. The monoisotopic (exact) mass is 346 g/mol. The molecule has 0 rings (SSSR count). The van der Waals surface area contributed by atoms with Crippen LogP contribution in [0.3, 0.4) is 0 Å². The summed E-state index contributed by atoms with van der Waals surface area (Å²) in [4.78, 5) is 0. The largest absolute Gasteiger partial charge is 1.00 e. The Kier molecular flexibility index (Phi) is 8.31. The van der Waals surface area contributed by atoms with Crippen LogP contribution >= 0.6 is 0 Å². The van der Waals surface area contributed by atoms with E-state index in [1.165, 1.54) is 0 Å². The molecule has 0 aliphatic rings. The molecule has 0 radical (unpaired) electrons. The van der Waals surface area contributed by atoms with Crippen molar-refractivity contribution in [3.8, 4) is 0 Å². The smallest absolute Gasteiger partial charge is 0.852 e. The number of hydrogen-bond donors (Lipinski definition) is 0. The molecule has 0 aromatic rings. The van der Waals surface area contributed by atoms with Gasteiger partial charge in [0.25, 0.3) is 0 Å². The molecule has 128 valence electrons. The minimum Gasteiger partial charge on any atom is -0.852 e. The average molecular weight is 346 g/mol. The Hall–Kier alpha value is -0.183. The zero-order chi connectivity index (χ0) is 17.3. The molecule has 0 bridgehead atoms. The molecule has 0 heterocycles. The van der Waals surface area contributed by atoms with Crippen LogP contribution < -0.4 is 24.0 Å². The van der Waals surface area contributed by atoms with Crippen LogP contribution in [0.15, 0.2) is 0 Å². The van der Waals surface area contributed by atoms with Crippen LogP contribution in [-0.2, 0) is 4.74 Å². The van der Waals surface area contributed by atoms with E-state index < -0.39 is 49.4 Å². The first-order valence-corrected chi connectivity index (χ1v) is 5.21. The van der Waals surface area contributed by atoms with Gasteiger partial charge in [0.2, 0.25) is 6.10 Å². The summed E-state index contributed by atoms with van der Waals surface area (Å²) in [5.74, 6) is -12.9. The third-order valence-electron chi connectivity index (χ3n) is 2.22. The van der Waals surface area contributed by atoms with Crippen molar-refractivity contribution in [2.75, 3.05) is 6.61 Å². The normalized spacial score (nSPS) is 15.7. The van der Waals surface area contributed by atoms with Gasteiger partial charge in [-0.2, -0.15) is 43.9 Å². The quantitative estimate of drug-likeness (QED) is 0.498. The summed E-state index contributed by atoms with van der Waals surface area (Å²) >= 11 is 0. The fourth-order valence-electron chi connectivity index (χ4n) is 1.09. The molecule has 1 atom stereocenters. The van der Waals surface area contributed by atoms with Gasteiger partial charge >= 0.3 is 43.1 Å². The summed E-state index contributed by atoms with van der Waals surface area (Å²) in [6, 6.07) is 0. The minimum absolute atomic E-state index is 0. The third kappa shape index (κ3) is 5.47. The van der Waals surface area contributed by atoms with Crippen molar-refractivity contribution >= 4 is 0 Å². The van der Waals surface area contributed by atoms with Crippen molar-refractivity contribution in [1.82, 2.24) is 0 Å². The molecule has 0 saturated carbocycles. The van der Waals surface area contributed by atoms with E-state index in [0.29, 0.717) is 0 Å². The summed E-state index contributed by atoms with van der Waals surface area (Å²) in [6.45, 7) is -0.519. The van der Waals surface area contributed by atoms with Gasteiger partial charge in [-0.3, -0.25) is 0 Å². The van der Waals surface area contributed by atoms with Gasteiger partial charge < -0.3 is 9.84 Å². The van der Waals surface area contributed by atoms with E-state index in [4.69, 9.17) is 0 Å². The van der Waals surface area contributed by atoms with Gasteiger partial charge in [-0.05, 0) is 6.42 Å². The first kappa shape index (κ1) is 24.1. The number of hydrogen-bond acceptors (Lipinski definition) is 2. The molecular formula is C9H9F10LiO2. The van der Waals surface area contributed by atoms with Crippen molar-refractivity contribution in [2.45, 2.75) is 49.8 Å². The SMILES string of the molecule is CC([O-])CCOC(C(F)(F)C(F)(F)F)C(F)(F)C(F)(F)F.[Li+]. The van der Waals surface area contributed by atoms with Crippen molar-refractivity contribution in [2.24, 2.45) is 0 Å². The predicted molar refractivity (Wildman–Crippen MR) is 45.8 cm³/mol. The Labute approximate surface area is 130 Å². The van der Waals surface area contributed by atoms with Gasteiger partial charge in [0.15, 0.2) is 0 Å². The van der Waals surface area contributed by atoms with Crippen LogP contribution in [0.5, 0.6) is 0 Å². The number of rotatable bonds is 6. The van der Waals surface area contributed by atoms with E-state index in [1.54, 1.807) is 0 Å². The van der Waals surface area contributed by atoms with Crippen LogP contribution in [-0.4, -0.2) is 43.0 Å². The zero-order valence-corrected chi connectivity index (χ0v) is 11.2. The Morgan fingerprint density at radius 2 is 1.14 bits per heavy atom. The van der Waals surface area contributed by atoms with Crippen LogP contribution in [0.25, 0.3) is 0 Å². The van der Waals surface area contributed by atoms with E-state index in [1.807, 2.05) is 0 Å². The van der Waals surface area contributed by atoms with Gasteiger partial charge in [-0.15, -0.1) is 6.10 Å². The summed E-state index contributed by atoms with van der Waals surface area (Å²) in [7, 11) is 0. The van der Waals surface area contributed by atoms with Gasteiger partial charge in [0.05, 0.1) is 0 Å². The molecule has 2 nitrogen and oxygen atoms in total. The number of alkyl halides is 10. The van der Waals surface area contributed by atoms with Crippen molar-refractivity contribution in [1.29, 1.82) is 0 Å². The number of halogens is 10.